The predicted molar refractivity (Wildman–Crippen MR) is 58.1 cm³/mol. The van der Waals surface area contributed by atoms with Crippen molar-refractivity contribution in [3.05, 3.63) is 29.3 Å². The molecule has 0 aromatic heterocycles. The Balaban J connectivity index is 2.30. The summed E-state index contributed by atoms with van der Waals surface area (Å²) >= 11 is 0. The molecule has 1 aromatic rings. The van der Waals surface area contributed by atoms with Crippen LogP contribution in [0.4, 0.5) is 13.2 Å². The van der Waals surface area contributed by atoms with Gasteiger partial charge in [0.15, 0.2) is 0 Å². The number of hydrogen-bond donors (Lipinski definition) is 1. The maximum atomic E-state index is 12.9. The summed E-state index contributed by atoms with van der Waals surface area (Å²) in [5, 5.41) is 2.46. The Labute approximate surface area is 97.8 Å². The van der Waals surface area contributed by atoms with Gasteiger partial charge in [-0.1, -0.05) is 19.1 Å². The van der Waals surface area contributed by atoms with E-state index in [9.17, 15) is 13.2 Å². The van der Waals surface area contributed by atoms with Crippen molar-refractivity contribution < 1.29 is 17.9 Å². The van der Waals surface area contributed by atoms with Crippen LogP contribution in [0, 0.1) is 0 Å². The molecule has 2 nitrogen and oxygen atoms in total. The molecule has 1 N–H and O–H groups in total. The van der Waals surface area contributed by atoms with Crippen LogP contribution >= 0.6 is 0 Å². The van der Waals surface area contributed by atoms with E-state index in [0.29, 0.717) is 18.8 Å². The fourth-order valence-corrected chi connectivity index (χ4v) is 2.01. The minimum absolute atomic E-state index is 0.253. The molecular weight excluding hydrogens is 231 g/mol. The van der Waals surface area contributed by atoms with Gasteiger partial charge in [-0.05, 0) is 23.7 Å². The smallest absolute Gasteiger partial charge is 0.407 e. The molecule has 94 valence electrons. The first kappa shape index (κ1) is 12.2. The molecule has 0 spiro atoms. The minimum atomic E-state index is -4.27. The van der Waals surface area contributed by atoms with Crippen LogP contribution in [0.1, 0.15) is 24.1 Å². The highest BCUT2D eigenvalue weighted by atomic mass is 19.4. The van der Waals surface area contributed by atoms with E-state index < -0.39 is 12.2 Å². The number of ether oxygens (including phenoxy) is 1. The SMILES string of the molecule is CCNC(c1ccc2c(c1)CCO2)C(F)(F)F. The van der Waals surface area contributed by atoms with E-state index in [1.807, 2.05) is 0 Å². The molecule has 1 aliphatic rings. The van der Waals surface area contributed by atoms with E-state index in [1.54, 1.807) is 19.1 Å². The van der Waals surface area contributed by atoms with Gasteiger partial charge in [0, 0.05) is 6.42 Å². The number of alkyl halides is 3. The van der Waals surface area contributed by atoms with Crippen molar-refractivity contribution in [3.8, 4) is 5.75 Å². The highest BCUT2D eigenvalue weighted by Gasteiger charge is 2.40. The average Bonchev–Trinajstić information content (AvgIpc) is 2.71. The zero-order valence-electron chi connectivity index (χ0n) is 9.47. The Morgan fingerprint density at radius 2 is 2.18 bits per heavy atom. The third-order valence-electron chi connectivity index (χ3n) is 2.78. The van der Waals surface area contributed by atoms with Crippen molar-refractivity contribution in [2.45, 2.75) is 25.6 Å². The summed E-state index contributed by atoms with van der Waals surface area (Å²) in [5.74, 6) is 0.700. The lowest BCUT2D eigenvalue weighted by molar-refractivity contribution is -0.157. The Kier molecular flexibility index (Phi) is 3.28. The van der Waals surface area contributed by atoms with Crippen molar-refractivity contribution in [1.29, 1.82) is 0 Å². The van der Waals surface area contributed by atoms with Crippen LogP contribution in [0.3, 0.4) is 0 Å². The number of nitrogens with one attached hydrogen (secondary N) is 1. The third kappa shape index (κ3) is 2.54. The average molecular weight is 245 g/mol. The molecule has 0 radical (unpaired) electrons. The molecule has 0 aliphatic carbocycles. The molecule has 0 fully saturated rings. The van der Waals surface area contributed by atoms with Crippen molar-refractivity contribution in [3.63, 3.8) is 0 Å². The molecule has 1 aliphatic heterocycles. The molecule has 0 saturated heterocycles. The van der Waals surface area contributed by atoms with E-state index in [-0.39, 0.29) is 12.1 Å². The summed E-state index contributed by atoms with van der Waals surface area (Å²) in [5.41, 5.74) is 1.11. The summed E-state index contributed by atoms with van der Waals surface area (Å²) in [4.78, 5) is 0. The van der Waals surface area contributed by atoms with E-state index in [1.165, 1.54) is 6.07 Å². The molecule has 2 rings (SSSR count). The van der Waals surface area contributed by atoms with Gasteiger partial charge in [0.1, 0.15) is 11.8 Å². The van der Waals surface area contributed by atoms with Crippen molar-refractivity contribution in [1.82, 2.24) is 5.32 Å². The van der Waals surface area contributed by atoms with Gasteiger partial charge in [-0.25, -0.2) is 0 Å². The second-order valence-electron chi connectivity index (χ2n) is 4.00. The van der Waals surface area contributed by atoms with E-state index in [0.717, 1.165) is 5.56 Å². The highest BCUT2D eigenvalue weighted by Crippen LogP contribution is 2.35. The van der Waals surface area contributed by atoms with Gasteiger partial charge in [-0.3, -0.25) is 0 Å². The molecular formula is C12H14F3NO. The maximum absolute atomic E-state index is 12.9. The summed E-state index contributed by atoms with van der Waals surface area (Å²) in [6.07, 6.45) is -3.59. The summed E-state index contributed by atoms with van der Waals surface area (Å²) < 4.78 is 43.8. The fraction of sp³-hybridized carbons (Fsp3) is 0.500. The molecule has 1 aromatic carbocycles. The lowest BCUT2D eigenvalue weighted by Crippen LogP contribution is -2.34. The lowest BCUT2D eigenvalue weighted by atomic mass is 10.0. The van der Waals surface area contributed by atoms with Crippen LogP contribution in [0.5, 0.6) is 5.75 Å². The summed E-state index contributed by atoms with van der Waals surface area (Å²) in [7, 11) is 0. The van der Waals surface area contributed by atoms with Gasteiger partial charge in [0.05, 0.1) is 6.61 Å². The standard InChI is InChI=1S/C12H14F3NO/c1-2-16-11(12(13,14)15)9-3-4-10-8(7-9)5-6-17-10/h3-4,7,11,16H,2,5-6H2,1H3. The lowest BCUT2D eigenvalue weighted by Gasteiger charge is -2.21. The molecule has 5 heteroatoms. The Bertz CT molecular complexity index is 403. The van der Waals surface area contributed by atoms with Gasteiger partial charge < -0.3 is 10.1 Å². The Morgan fingerprint density at radius 1 is 1.41 bits per heavy atom. The van der Waals surface area contributed by atoms with Crippen LogP contribution < -0.4 is 10.1 Å². The Hall–Kier alpha value is -1.23. The van der Waals surface area contributed by atoms with Gasteiger partial charge in [0.25, 0.3) is 0 Å². The van der Waals surface area contributed by atoms with E-state index in [2.05, 4.69) is 5.32 Å². The molecule has 1 heterocycles. The first-order valence-corrected chi connectivity index (χ1v) is 5.58. The molecule has 1 unspecified atom stereocenters. The first-order valence-electron chi connectivity index (χ1n) is 5.58. The minimum Gasteiger partial charge on any atom is -0.493 e. The van der Waals surface area contributed by atoms with Crippen LogP contribution in [0.25, 0.3) is 0 Å². The predicted octanol–water partition coefficient (Wildman–Crippen LogP) is 2.83. The van der Waals surface area contributed by atoms with E-state index >= 15 is 0 Å². The third-order valence-corrected chi connectivity index (χ3v) is 2.78. The Morgan fingerprint density at radius 3 is 2.82 bits per heavy atom. The van der Waals surface area contributed by atoms with Crippen molar-refractivity contribution in [2.75, 3.05) is 13.2 Å². The first-order chi connectivity index (χ1) is 8.02. The number of halogens is 3. The molecule has 0 saturated carbocycles. The summed E-state index contributed by atoms with van der Waals surface area (Å²) in [6, 6.07) is 3.08. The topological polar surface area (TPSA) is 21.3 Å². The summed E-state index contributed by atoms with van der Waals surface area (Å²) in [6.45, 7) is 2.49. The normalized spacial score (nSPS) is 16.5. The van der Waals surface area contributed by atoms with Crippen LogP contribution in [0.15, 0.2) is 18.2 Å². The molecule has 0 amide bonds. The molecule has 1 atom stereocenters. The van der Waals surface area contributed by atoms with Gasteiger partial charge in [-0.2, -0.15) is 13.2 Å². The number of rotatable bonds is 3. The monoisotopic (exact) mass is 245 g/mol. The number of fused-ring (bicyclic) bond motifs is 1. The van der Waals surface area contributed by atoms with E-state index in [4.69, 9.17) is 4.74 Å². The zero-order valence-corrected chi connectivity index (χ0v) is 9.47. The van der Waals surface area contributed by atoms with Crippen molar-refractivity contribution >= 4 is 0 Å². The second-order valence-corrected chi connectivity index (χ2v) is 4.00. The number of benzene rings is 1. The maximum Gasteiger partial charge on any atom is 0.407 e. The van der Waals surface area contributed by atoms with Gasteiger partial charge in [-0.15, -0.1) is 0 Å². The van der Waals surface area contributed by atoms with Gasteiger partial charge in [0.2, 0.25) is 0 Å². The van der Waals surface area contributed by atoms with Gasteiger partial charge >= 0.3 is 6.18 Å². The van der Waals surface area contributed by atoms with Crippen LogP contribution in [-0.2, 0) is 6.42 Å². The van der Waals surface area contributed by atoms with Crippen molar-refractivity contribution in [2.24, 2.45) is 0 Å². The quantitative estimate of drug-likeness (QED) is 0.884. The van der Waals surface area contributed by atoms with Crippen LogP contribution in [0.2, 0.25) is 0 Å². The highest BCUT2D eigenvalue weighted by molar-refractivity contribution is 5.41. The fourth-order valence-electron chi connectivity index (χ4n) is 2.01. The number of hydrogen-bond acceptors (Lipinski definition) is 2. The zero-order chi connectivity index (χ0) is 12.5. The molecule has 0 bridgehead atoms. The molecule has 17 heavy (non-hydrogen) atoms. The van der Waals surface area contributed by atoms with Crippen LogP contribution in [-0.4, -0.2) is 19.3 Å². The second kappa shape index (κ2) is 4.56. The largest absolute Gasteiger partial charge is 0.493 e.